The Hall–Kier alpha value is -1.31. The Morgan fingerprint density at radius 1 is 1.26 bits per heavy atom. The van der Waals surface area contributed by atoms with Crippen LogP contribution in [-0.2, 0) is 4.79 Å². The van der Waals surface area contributed by atoms with E-state index in [0.717, 1.165) is 24.9 Å². The van der Waals surface area contributed by atoms with Crippen LogP contribution in [0.1, 0.15) is 36.8 Å². The van der Waals surface area contributed by atoms with Gasteiger partial charge in [-0.25, -0.2) is 0 Å². The lowest BCUT2D eigenvalue weighted by molar-refractivity contribution is -0.127. The van der Waals surface area contributed by atoms with Gasteiger partial charge in [-0.05, 0) is 56.4 Å². The van der Waals surface area contributed by atoms with Gasteiger partial charge < -0.3 is 16.4 Å². The van der Waals surface area contributed by atoms with Gasteiger partial charge in [-0.1, -0.05) is 12.5 Å². The van der Waals surface area contributed by atoms with Gasteiger partial charge in [0.05, 0.1) is 0 Å². The molecule has 1 aliphatic carbocycles. The molecule has 4 N–H and O–H groups in total. The number of halogens is 1. The first-order chi connectivity index (χ1) is 10.5. The molecule has 0 aliphatic heterocycles. The summed E-state index contributed by atoms with van der Waals surface area (Å²) in [5, 5.41) is 6.05. The lowest BCUT2D eigenvalue weighted by Gasteiger charge is -2.23. The van der Waals surface area contributed by atoms with E-state index in [4.69, 9.17) is 5.73 Å². The van der Waals surface area contributed by atoms with Crippen molar-refractivity contribution in [1.29, 1.82) is 0 Å². The summed E-state index contributed by atoms with van der Waals surface area (Å²) in [5.41, 5.74) is 9.21. The first-order valence-corrected chi connectivity index (χ1v) is 7.97. The molecule has 0 saturated heterocycles. The molecule has 1 amide bonds. The number of aryl methyl sites for hydroxylation is 2. The van der Waals surface area contributed by atoms with Gasteiger partial charge in [-0.3, -0.25) is 9.79 Å². The van der Waals surface area contributed by atoms with Gasteiger partial charge in [-0.15, -0.1) is 24.0 Å². The summed E-state index contributed by atoms with van der Waals surface area (Å²) in [4.78, 5) is 15.9. The van der Waals surface area contributed by atoms with Crippen molar-refractivity contribution in [3.63, 3.8) is 0 Å². The van der Waals surface area contributed by atoms with Crippen molar-refractivity contribution in [3.8, 4) is 0 Å². The maximum atomic E-state index is 11.6. The Kier molecular flexibility index (Phi) is 8.36. The first-order valence-electron chi connectivity index (χ1n) is 7.97. The highest BCUT2D eigenvalue weighted by atomic mass is 127. The highest BCUT2D eigenvalue weighted by Gasteiger charge is 2.24. The lowest BCUT2D eigenvalue weighted by Crippen LogP contribution is -2.35. The van der Waals surface area contributed by atoms with Gasteiger partial charge in [0.15, 0.2) is 5.96 Å². The number of hydrogen-bond donors (Lipinski definition) is 3. The first kappa shape index (κ1) is 19.7. The number of nitrogens with one attached hydrogen (secondary N) is 2. The van der Waals surface area contributed by atoms with Crippen molar-refractivity contribution in [2.75, 3.05) is 18.4 Å². The van der Waals surface area contributed by atoms with Gasteiger partial charge in [0.2, 0.25) is 5.91 Å². The van der Waals surface area contributed by atoms with E-state index < -0.39 is 0 Å². The summed E-state index contributed by atoms with van der Waals surface area (Å²) in [6.07, 6.45) is 4.06. The third-order valence-corrected chi connectivity index (χ3v) is 3.89. The van der Waals surface area contributed by atoms with E-state index in [2.05, 4.69) is 35.5 Å². The summed E-state index contributed by atoms with van der Waals surface area (Å²) < 4.78 is 0. The molecule has 1 aromatic carbocycles. The molecule has 5 nitrogen and oxygen atoms in total. The molecule has 0 spiro atoms. The van der Waals surface area contributed by atoms with Crippen LogP contribution in [-0.4, -0.2) is 25.0 Å². The average molecular weight is 430 g/mol. The fourth-order valence-electron chi connectivity index (χ4n) is 2.54. The zero-order chi connectivity index (χ0) is 15.9. The predicted octanol–water partition coefficient (Wildman–Crippen LogP) is 2.95. The highest BCUT2D eigenvalue weighted by molar-refractivity contribution is 14.0. The minimum Gasteiger partial charge on any atom is -0.370 e. The summed E-state index contributed by atoms with van der Waals surface area (Å²) in [6.45, 7) is 5.37. The van der Waals surface area contributed by atoms with Crippen LogP contribution in [0.3, 0.4) is 0 Å². The van der Waals surface area contributed by atoms with Crippen LogP contribution in [0, 0.1) is 19.8 Å². The van der Waals surface area contributed by atoms with Gasteiger partial charge in [0.25, 0.3) is 0 Å². The standard InChI is InChI=1S/C17H26N4O.HI/c1-12-9-13(2)11-15(10-12)21-17(18)20-8-4-7-19-16(22)14-5-3-6-14;/h9-11,14H,3-8H2,1-2H3,(H,19,22)(H3,18,20,21);1H. The van der Waals surface area contributed by atoms with Gasteiger partial charge in [0.1, 0.15) is 0 Å². The van der Waals surface area contributed by atoms with Crippen molar-refractivity contribution in [1.82, 2.24) is 5.32 Å². The zero-order valence-corrected chi connectivity index (χ0v) is 16.2. The van der Waals surface area contributed by atoms with Crippen LogP contribution in [0.2, 0.25) is 0 Å². The molecule has 0 aromatic heterocycles. The Labute approximate surface area is 155 Å². The second-order valence-electron chi connectivity index (χ2n) is 6.04. The molecule has 1 fully saturated rings. The summed E-state index contributed by atoms with van der Waals surface area (Å²) >= 11 is 0. The number of benzene rings is 1. The number of carbonyl (C=O) groups excluding carboxylic acids is 1. The van der Waals surface area contributed by atoms with Crippen molar-refractivity contribution in [3.05, 3.63) is 29.3 Å². The zero-order valence-electron chi connectivity index (χ0n) is 13.9. The molecule has 0 radical (unpaired) electrons. The van der Waals surface area contributed by atoms with Crippen LogP contribution >= 0.6 is 24.0 Å². The summed E-state index contributed by atoms with van der Waals surface area (Å²) in [6, 6.07) is 6.19. The molecular weight excluding hydrogens is 403 g/mol. The fourth-order valence-corrected chi connectivity index (χ4v) is 2.54. The van der Waals surface area contributed by atoms with Gasteiger partial charge in [0, 0.05) is 24.7 Å². The summed E-state index contributed by atoms with van der Waals surface area (Å²) in [7, 11) is 0. The van der Waals surface area contributed by atoms with Crippen LogP contribution in [0.5, 0.6) is 0 Å². The average Bonchev–Trinajstić information content (AvgIpc) is 2.34. The number of nitrogens with two attached hydrogens (primary N) is 1. The Balaban J connectivity index is 0.00000264. The maximum Gasteiger partial charge on any atom is 0.223 e. The van der Waals surface area contributed by atoms with E-state index in [9.17, 15) is 4.79 Å². The number of aliphatic imine (C=N–C) groups is 1. The SMILES string of the molecule is Cc1cc(C)cc(NC(N)=NCCCNC(=O)C2CCC2)c1.I. The molecule has 0 unspecified atom stereocenters. The second-order valence-corrected chi connectivity index (χ2v) is 6.04. The molecule has 0 heterocycles. The number of rotatable bonds is 6. The third kappa shape index (κ3) is 6.76. The Morgan fingerprint density at radius 2 is 1.91 bits per heavy atom. The minimum absolute atomic E-state index is 0. The number of guanidine groups is 1. The fraction of sp³-hybridized carbons (Fsp3) is 0.529. The van der Waals surface area contributed by atoms with Crippen molar-refractivity contribution < 1.29 is 4.79 Å². The minimum atomic E-state index is 0. The van der Waals surface area contributed by atoms with Gasteiger partial charge >= 0.3 is 0 Å². The highest BCUT2D eigenvalue weighted by Crippen LogP contribution is 2.26. The normalized spacial score (nSPS) is 14.6. The third-order valence-electron chi connectivity index (χ3n) is 3.89. The van der Waals surface area contributed by atoms with E-state index in [0.29, 0.717) is 19.0 Å². The molecule has 23 heavy (non-hydrogen) atoms. The molecule has 128 valence electrons. The smallest absolute Gasteiger partial charge is 0.223 e. The Morgan fingerprint density at radius 3 is 2.48 bits per heavy atom. The monoisotopic (exact) mass is 430 g/mol. The van der Waals surface area contributed by atoms with E-state index in [1.807, 2.05) is 12.1 Å². The molecular formula is C17H27IN4O. The maximum absolute atomic E-state index is 11.6. The van der Waals surface area contributed by atoms with E-state index in [1.54, 1.807) is 0 Å². The van der Waals surface area contributed by atoms with Gasteiger partial charge in [-0.2, -0.15) is 0 Å². The molecule has 2 rings (SSSR count). The van der Waals surface area contributed by atoms with Crippen LogP contribution in [0.25, 0.3) is 0 Å². The summed E-state index contributed by atoms with van der Waals surface area (Å²) in [5.74, 6) is 0.853. The van der Waals surface area contributed by atoms with Crippen molar-refractivity contribution in [2.45, 2.75) is 39.5 Å². The number of carbonyl (C=O) groups is 1. The lowest BCUT2D eigenvalue weighted by atomic mass is 9.85. The van der Waals surface area contributed by atoms with Crippen LogP contribution in [0.4, 0.5) is 5.69 Å². The molecule has 0 bridgehead atoms. The molecule has 1 aliphatic rings. The second kappa shape index (κ2) is 9.75. The Bertz CT molecular complexity index is 535. The topological polar surface area (TPSA) is 79.5 Å². The van der Waals surface area contributed by atoms with Crippen molar-refractivity contribution >= 4 is 41.5 Å². The predicted molar refractivity (Wildman–Crippen MR) is 106 cm³/mol. The van der Waals surface area contributed by atoms with E-state index in [1.165, 1.54) is 17.5 Å². The number of amides is 1. The number of nitrogens with zero attached hydrogens (tertiary/aromatic N) is 1. The van der Waals surface area contributed by atoms with Crippen LogP contribution < -0.4 is 16.4 Å². The molecule has 1 aromatic rings. The molecule has 6 heteroatoms. The quantitative estimate of drug-likeness (QED) is 0.281. The molecule has 1 saturated carbocycles. The molecule has 0 atom stereocenters. The number of hydrogen-bond acceptors (Lipinski definition) is 2. The number of anilines is 1. The largest absolute Gasteiger partial charge is 0.370 e. The van der Waals surface area contributed by atoms with Crippen LogP contribution in [0.15, 0.2) is 23.2 Å². The van der Waals surface area contributed by atoms with E-state index in [-0.39, 0.29) is 35.8 Å². The van der Waals surface area contributed by atoms with E-state index >= 15 is 0 Å². The van der Waals surface area contributed by atoms with Crippen molar-refractivity contribution in [2.24, 2.45) is 16.6 Å².